The molecule has 2 N–H and O–H groups in total. The molecule has 1 aliphatic heterocycles. The van der Waals surface area contributed by atoms with Gasteiger partial charge in [-0.25, -0.2) is 4.79 Å². The van der Waals surface area contributed by atoms with E-state index in [1.807, 2.05) is 30.5 Å². The van der Waals surface area contributed by atoms with E-state index in [4.69, 9.17) is 9.84 Å². The third kappa shape index (κ3) is 4.46. The van der Waals surface area contributed by atoms with E-state index in [-0.39, 0.29) is 31.5 Å². The van der Waals surface area contributed by atoms with Gasteiger partial charge in [0, 0.05) is 19.0 Å². The number of alkyl carbamates (subject to hydrolysis) is 1. The maximum atomic E-state index is 12.8. The molecule has 4 rings (SSSR count). The lowest BCUT2D eigenvalue weighted by molar-refractivity contribution is -0.153. The summed E-state index contributed by atoms with van der Waals surface area (Å²) >= 11 is 1.58. The fourth-order valence-electron chi connectivity index (χ4n) is 4.31. The van der Waals surface area contributed by atoms with Gasteiger partial charge in [-0.3, -0.25) is 9.59 Å². The Morgan fingerprint density at radius 2 is 1.69 bits per heavy atom. The monoisotopic (exact) mass is 454 g/mol. The second-order valence-electron chi connectivity index (χ2n) is 8.08. The Labute approximate surface area is 191 Å². The van der Waals surface area contributed by atoms with E-state index in [1.165, 1.54) is 4.90 Å². The molecule has 1 heterocycles. The number of likely N-dealkylation sites (tertiary alicyclic amines) is 1. The number of ether oxygens (including phenoxy) is 1. The standard InChI is InChI=1S/C24H26N2O5S/c1-32-11-10-21(22(27)26-12-15(13-26)23(28)29)25-24(30)31-14-20-18-8-4-2-6-16(18)17-7-3-5-9-19(17)20/h2-9,15,20-21H,10-14H2,1H3,(H,25,30)(H,28,29)/t21-/m1/s1. The number of hydrogen-bond donors (Lipinski definition) is 2. The van der Waals surface area contributed by atoms with Gasteiger partial charge in [-0.1, -0.05) is 48.5 Å². The third-order valence-corrected chi connectivity index (χ3v) is 6.73. The molecule has 0 unspecified atom stereocenters. The summed E-state index contributed by atoms with van der Waals surface area (Å²) in [5.74, 6) is -1.06. The Morgan fingerprint density at radius 1 is 1.09 bits per heavy atom. The van der Waals surface area contributed by atoms with Crippen LogP contribution >= 0.6 is 11.8 Å². The molecule has 1 fully saturated rings. The molecule has 2 amide bonds. The van der Waals surface area contributed by atoms with Crippen LogP contribution < -0.4 is 5.32 Å². The number of nitrogens with one attached hydrogen (secondary N) is 1. The Kier molecular flexibility index (Phi) is 6.69. The molecule has 1 saturated heterocycles. The topological polar surface area (TPSA) is 95.9 Å². The predicted molar refractivity (Wildman–Crippen MR) is 123 cm³/mol. The maximum absolute atomic E-state index is 12.8. The summed E-state index contributed by atoms with van der Waals surface area (Å²) in [4.78, 5) is 37.9. The lowest BCUT2D eigenvalue weighted by Crippen LogP contribution is -2.58. The van der Waals surface area contributed by atoms with Gasteiger partial charge in [0.25, 0.3) is 0 Å². The highest BCUT2D eigenvalue weighted by Crippen LogP contribution is 2.44. The van der Waals surface area contributed by atoms with Crippen LogP contribution in [0.1, 0.15) is 23.5 Å². The zero-order valence-electron chi connectivity index (χ0n) is 17.8. The normalized spacial score (nSPS) is 16.0. The van der Waals surface area contributed by atoms with Crippen molar-refractivity contribution in [2.45, 2.75) is 18.4 Å². The molecule has 2 aromatic carbocycles. The fourth-order valence-corrected chi connectivity index (χ4v) is 4.78. The molecule has 0 spiro atoms. The van der Waals surface area contributed by atoms with Gasteiger partial charge in [-0.2, -0.15) is 11.8 Å². The van der Waals surface area contributed by atoms with Crippen LogP contribution in [0.25, 0.3) is 11.1 Å². The highest BCUT2D eigenvalue weighted by molar-refractivity contribution is 7.98. The average molecular weight is 455 g/mol. The molecule has 0 aromatic heterocycles. The van der Waals surface area contributed by atoms with Gasteiger partial charge < -0.3 is 20.1 Å². The third-order valence-electron chi connectivity index (χ3n) is 6.09. The van der Waals surface area contributed by atoms with Gasteiger partial charge in [-0.05, 0) is 40.7 Å². The van der Waals surface area contributed by atoms with Crippen LogP contribution in [-0.4, -0.2) is 65.7 Å². The second-order valence-corrected chi connectivity index (χ2v) is 9.07. The first-order valence-electron chi connectivity index (χ1n) is 10.6. The number of hydrogen-bond acceptors (Lipinski definition) is 5. The highest BCUT2D eigenvalue weighted by Gasteiger charge is 2.39. The summed E-state index contributed by atoms with van der Waals surface area (Å²) in [6.45, 7) is 0.528. The van der Waals surface area contributed by atoms with Crippen molar-refractivity contribution in [2.24, 2.45) is 5.92 Å². The van der Waals surface area contributed by atoms with Gasteiger partial charge in [-0.15, -0.1) is 0 Å². The van der Waals surface area contributed by atoms with Gasteiger partial charge in [0.05, 0.1) is 5.92 Å². The lowest BCUT2D eigenvalue weighted by atomic mass is 9.98. The maximum Gasteiger partial charge on any atom is 0.407 e. The number of carboxylic acids is 1. The van der Waals surface area contributed by atoms with E-state index in [0.29, 0.717) is 12.2 Å². The van der Waals surface area contributed by atoms with E-state index >= 15 is 0 Å². The van der Waals surface area contributed by atoms with Crippen LogP contribution in [0.15, 0.2) is 48.5 Å². The molecule has 32 heavy (non-hydrogen) atoms. The van der Waals surface area contributed by atoms with Crippen molar-refractivity contribution in [3.63, 3.8) is 0 Å². The zero-order chi connectivity index (χ0) is 22.7. The number of nitrogens with zero attached hydrogens (tertiary/aromatic N) is 1. The Hall–Kier alpha value is -3.00. The summed E-state index contributed by atoms with van der Waals surface area (Å²) in [6.07, 6.45) is 1.75. The summed E-state index contributed by atoms with van der Waals surface area (Å²) in [7, 11) is 0. The van der Waals surface area contributed by atoms with Crippen molar-refractivity contribution < 1.29 is 24.2 Å². The van der Waals surface area contributed by atoms with Crippen molar-refractivity contribution >= 4 is 29.7 Å². The molecule has 1 atom stereocenters. The number of carbonyl (C=O) groups excluding carboxylic acids is 2. The van der Waals surface area contributed by atoms with Crippen molar-refractivity contribution in [1.29, 1.82) is 0 Å². The second kappa shape index (κ2) is 9.65. The predicted octanol–water partition coefficient (Wildman–Crippen LogP) is 3.19. The quantitative estimate of drug-likeness (QED) is 0.636. The molecule has 0 bridgehead atoms. The van der Waals surface area contributed by atoms with E-state index in [2.05, 4.69) is 29.6 Å². The molecular weight excluding hydrogens is 428 g/mol. The van der Waals surface area contributed by atoms with Crippen molar-refractivity contribution in [3.05, 3.63) is 59.7 Å². The van der Waals surface area contributed by atoms with Crippen LogP contribution in [-0.2, 0) is 14.3 Å². The number of rotatable bonds is 8. The minimum Gasteiger partial charge on any atom is -0.481 e. The van der Waals surface area contributed by atoms with Crippen LogP contribution in [0.3, 0.4) is 0 Å². The minimum absolute atomic E-state index is 0.0554. The van der Waals surface area contributed by atoms with Gasteiger partial charge in [0.15, 0.2) is 0 Å². The fraction of sp³-hybridized carbons (Fsp3) is 0.375. The molecule has 7 nitrogen and oxygen atoms in total. The van der Waals surface area contributed by atoms with Crippen molar-refractivity contribution in [1.82, 2.24) is 10.2 Å². The molecule has 2 aliphatic rings. The summed E-state index contributed by atoms with van der Waals surface area (Å²) in [5, 5.41) is 11.7. The first-order valence-corrected chi connectivity index (χ1v) is 12.0. The van der Waals surface area contributed by atoms with E-state index in [0.717, 1.165) is 22.3 Å². The summed E-state index contributed by atoms with van der Waals surface area (Å²) < 4.78 is 5.57. The number of carbonyl (C=O) groups is 3. The number of fused-ring (bicyclic) bond motifs is 3. The lowest BCUT2D eigenvalue weighted by Gasteiger charge is -2.38. The van der Waals surface area contributed by atoms with Crippen molar-refractivity contribution in [3.8, 4) is 11.1 Å². The first-order chi connectivity index (χ1) is 15.5. The summed E-state index contributed by atoms with van der Waals surface area (Å²) in [6, 6.07) is 15.5. The summed E-state index contributed by atoms with van der Waals surface area (Å²) in [5.41, 5.74) is 4.54. The van der Waals surface area contributed by atoms with E-state index < -0.39 is 24.0 Å². The number of carboxylic acid groups (broad SMARTS) is 1. The van der Waals surface area contributed by atoms with E-state index in [9.17, 15) is 14.4 Å². The smallest absolute Gasteiger partial charge is 0.407 e. The van der Waals surface area contributed by atoms with Crippen LogP contribution in [0.4, 0.5) is 4.79 Å². The number of aliphatic carboxylic acids is 1. The number of thioether (sulfide) groups is 1. The molecule has 2 aromatic rings. The Bertz CT molecular complexity index is 975. The molecule has 0 saturated carbocycles. The molecule has 0 radical (unpaired) electrons. The number of benzene rings is 2. The van der Waals surface area contributed by atoms with Gasteiger partial charge in [0.2, 0.25) is 5.91 Å². The zero-order valence-corrected chi connectivity index (χ0v) is 18.6. The van der Waals surface area contributed by atoms with Gasteiger partial charge in [0.1, 0.15) is 12.6 Å². The minimum atomic E-state index is -0.904. The van der Waals surface area contributed by atoms with Crippen LogP contribution in [0, 0.1) is 5.92 Å². The van der Waals surface area contributed by atoms with Crippen LogP contribution in [0.2, 0.25) is 0 Å². The first kappa shape index (κ1) is 22.2. The largest absolute Gasteiger partial charge is 0.481 e. The molecular formula is C24H26N2O5S. The number of amides is 2. The van der Waals surface area contributed by atoms with E-state index in [1.54, 1.807) is 11.8 Å². The average Bonchev–Trinajstić information content (AvgIpc) is 3.07. The molecule has 1 aliphatic carbocycles. The Balaban J connectivity index is 1.39. The molecule has 8 heteroatoms. The van der Waals surface area contributed by atoms with Crippen molar-refractivity contribution in [2.75, 3.05) is 31.7 Å². The SMILES string of the molecule is CSCC[C@@H](NC(=O)OCC1c2ccccc2-c2ccccc21)C(=O)N1CC(C(=O)O)C1. The van der Waals surface area contributed by atoms with Crippen LogP contribution in [0.5, 0.6) is 0 Å². The highest BCUT2D eigenvalue weighted by atomic mass is 32.2. The molecule has 168 valence electrons. The van der Waals surface area contributed by atoms with Gasteiger partial charge >= 0.3 is 12.1 Å². The Morgan fingerprint density at radius 3 is 2.25 bits per heavy atom.